The molecule has 57 heavy (non-hydrogen) atoms. The van der Waals surface area contributed by atoms with Gasteiger partial charge in [-0.3, -0.25) is 0 Å². The van der Waals surface area contributed by atoms with Gasteiger partial charge < -0.3 is 14.0 Å². The minimum Gasteiger partial charge on any atom is -0.333 e. The molecule has 3 heterocycles. The maximum Gasteiger partial charge on any atom is 0.159 e. The molecule has 11 rings (SSSR count). The van der Waals surface area contributed by atoms with Crippen LogP contribution in [0.2, 0.25) is 0 Å². The Morgan fingerprint density at radius 3 is 1.42 bits per heavy atom. The highest BCUT2D eigenvalue weighted by molar-refractivity contribution is 6.14. The van der Waals surface area contributed by atoms with Crippen LogP contribution in [-0.4, -0.2) is 32.8 Å². The first-order valence-corrected chi connectivity index (χ1v) is 19.4. The molecular formula is C52H37N5. The van der Waals surface area contributed by atoms with Crippen molar-refractivity contribution in [3.05, 3.63) is 217 Å². The summed E-state index contributed by atoms with van der Waals surface area (Å²) in [7, 11) is 2.08. The van der Waals surface area contributed by atoms with Crippen molar-refractivity contribution in [3.8, 4) is 22.5 Å². The van der Waals surface area contributed by atoms with Gasteiger partial charge >= 0.3 is 0 Å². The first-order chi connectivity index (χ1) is 28.2. The van der Waals surface area contributed by atoms with Gasteiger partial charge in [-0.25, -0.2) is 9.98 Å². The number of nitrogens with zero attached hydrogens (tertiary/aromatic N) is 5. The molecule has 8 aromatic carbocycles. The van der Waals surface area contributed by atoms with E-state index in [1.807, 2.05) is 24.3 Å². The van der Waals surface area contributed by atoms with Gasteiger partial charge in [0.15, 0.2) is 5.84 Å². The average Bonchev–Trinajstić information content (AvgIpc) is 3.80. The predicted octanol–water partition coefficient (Wildman–Crippen LogP) is 12.4. The Morgan fingerprint density at radius 1 is 0.386 bits per heavy atom. The minimum absolute atomic E-state index is 0.191. The number of amidine groups is 2. The van der Waals surface area contributed by atoms with E-state index in [4.69, 9.17) is 9.98 Å². The van der Waals surface area contributed by atoms with Gasteiger partial charge in [-0.2, -0.15) is 0 Å². The van der Waals surface area contributed by atoms with Gasteiger partial charge in [-0.15, -0.1) is 0 Å². The van der Waals surface area contributed by atoms with Crippen LogP contribution < -0.4 is 0 Å². The van der Waals surface area contributed by atoms with Crippen molar-refractivity contribution in [2.24, 2.45) is 9.98 Å². The lowest BCUT2D eigenvalue weighted by Gasteiger charge is -2.32. The topological polar surface area (TPSA) is 37.8 Å². The zero-order valence-corrected chi connectivity index (χ0v) is 31.4. The smallest absolute Gasteiger partial charge is 0.159 e. The van der Waals surface area contributed by atoms with Crippen molar-refractivity contribution in [1.82, 2.24) is 14.0 Å². The van der Waals surface area contributed by atoms with Gasteiger partial charge in [0.1, 0.15) is 12.0 Å². The van der Waals surface area contributed by atoms with E-state index in [2.05, 4.69) is 197 Å². The number of hydrogen-bond donors (Lipinski definition) is 0. The Bertz CT molecular complexity index is 3170. The summed E-state index contributed by atoms with van der Waals surface area (Å²) in [6.07, 6.45) is -0.191. The quantitative estimate of drug-likeness (QED) is 0.168. The molecule has 5 heteroatoms. The molecule has 0 saturated carbocycles. The molecule has 1 aliphatic heterocycles. The van der Waals surface area contributed by atoms with E-state index < -0.39 is 0 Å². The SMILES string of the molecule is CN1C(c2ccc(-n3c4ccccc4c4cc(-c5ccc6c(c5)c5ccccc5n6-c5ccccc5)ccc43)cc2)=NC(c2ccccc2)=NC1c1ccccc1. The average molecular weight is 732 g/mol. The van der Waals surface area contributed by atoms with Gasteiger partial charge in [0.05, 0.1) is 22.1 Å². The summed E-state index contributed by atoms with van der Waals surface area (Å²) in [6, 6.07) is 71.4. The predicted molar refractivity (Wildman–Crippen MR) is 237 cm³/mol. The summed E-state index contributed by atoms with van der Waals surface area (Å²) in [4.78, 5) is 12.4. The van der Waals surface area contributed by atoms with E-state index in [0.717, 1.165) is 34.0 Å². The first-order valence-electron chi connectivity index (χ1n) is 19.4. The van der Waals surface area contributed by atoms with Gasteiger partial charge in [-0.1, -0.05) is 127 Å². The highest BCUT2D eigenvalue weighted by Gasteiger charge is 2.27. The summed E-state index contributed by atoms with van der Waals surface area (Å²) < 4.78 is 4.75. The number of aromatic nitrogens is 2. The van der Waals surface area contributed by atoms with Crippen LogP contribution in [0.1, 0.15) is 22.9 Å². The molecule has 10 aromatic rings. The largest absolute Gasteiger partial charge is 0.333 e. The molecule has 0 N–H and O–H groups in total. The van der Waals surface area contributed by atoms with Crippen LogP contribution in [-0.2, 0) is 0 Å². The van der Waals surface area contributed by atoms with E-state index in [9.17, 15) is 0 Å². The van der Waals surface area contributed by atoms with Gasteiger partial charge in [0, 0.05) is 51.1 Å². The number of aliphatic imine (C=N–C) groups is 2. The van der Waals surface area contributed by atoms with Gasteiger partial charge in [0.25, 0.3) is 0 Å². The molecule has 0 radical (unpaired) electrons. The Labute approximate surface area is 330 Å². The third-order valence-corrected chi connectivity index (χ3v) is 11.4. The second-order valence-corrected chi connectivity index (χ2v) is 14.7. The van der Waals surface area contributed by atoms with Crippen molar-refractivity contribution >= 4 is 55.3 Å². The molecule has 0 saturated heterocycles. The second kappa shape index (κ2) is 13.4. The van der Waals surface area contributed by atoms with Crippen LogP contribution in [0.3, 0.4) is 0 Å². The molecule has 0 spiro atoms. The fourth-order valence-electron chi connectivity index (χ4n) is 8.64. The maximum atomic E-state index is 5.15. The van der Waals surface area contributed by atoms with Gasteiger partial charge in [0.2, 0.25) is 0 Å². The molecule has 0 aliphatic carbocycles. The molecule has 270 valence electrons. The van der Waals surface area contributed by atoms with Crippen molar-refractivity contribution in [1.29, 1.82) is 0 Å². The standard InChI is InChI=1S/C52H37N5/c1-55-51(36-17-7-3-8-18-36)53-50(35-15-5-2-6-16-35)54-52(55)37-25-29-41(30-26-37)57-47-24-14-12-22-43(47)45-34-39(28-32-49(45)57)38-27-31-48-44(33-38)42-21-11-13-23-46(42)56(48)40-19-9-4-10-20-40/h2-34,51H,1H3. The number of benzene rings is 8. The van der Waals surface area contributed by atoms with E-state index >= 15 is 0 Å². The minimum atomic E-state index is -0.191. The van der Waals surface area contributed by atoms with E-state index in [-0.39, 0.29) is 6.17 Å². The Hall–Kier alpha value is -7.50. The molecule has 1 atom stereocenters. The fraction of sp³-hybridized carbons (Fsp3) is 0.0385. The number of hydrogen-bond acceptors (Lipinski definition) is 3. The number of para-hydroxylation sites is 3. The van der Waals surface area contributed by atoms with Crippen LogP contribution in [0.25, 0.3) is 66.1 Å². The maximum absolute atomic E-state index is 5.15. The van der Waals surface area contributed by atoms with Gasteiger partial charge in [-0.05, 0) is 89.5 Å². The summed E-state index contributed by atoms with van der Waals surface area (Å²) in [5, 5.41) is 4.96. The van der Waals surface area contributed by atoms with Crippen molar-refractivity contribution in [2.75, 3.05) is 7.05 Å². The third-order valence-electron chi connectivity index (χ3n) is 11.4. The lowest BCUT2D eigenvalue weighted by atomic mass is 10.0. The molecule has 5 nitrogen and oxygen atoms in total. The van der Waals surface area contributed by atoms with Crippen molar-refractivity contribution < 1.29 is 0 Å². The van der Waals surface area contributed by atoms with E-state index in [0.29, 0.717) is 0 Å². The van der Waals surface area contributed by atoms with Crippen LogP contribution in [0.15, 0.2) is 210 Å². The Morgan fingerprint density at radius 2 is 0.842 bits per heavy atom. The highest BCUT2D eigenvalue weighted by Crippen LogP contribution is 2.38. The first kappa shape index (κ1) is 32.9. The Kier molecular flexibility index (Phi) is 7.71. The molecule has 2 aromatic heterocycles. The summed E-state index contributed by atoms with van der Waals surface area (Å²) in [6.45, 7) is 0. The second-order valence-electron chi connectivity index (χ2n) is 14.7. The van der Waals surface area contributed by atoms with E-state index in [1.165, 1.54) is 60.4 Å². The zero-order valence-electron chi connectivity index (χ0n) is 31.4. The molecule has 1 unspecified atom stereocenters. The summed E-state index contributed by atoms with van der Waals surface area (Å²) in [5.74, 6) is 1.63. The Balaban J connectivity index is 0.994. The molecule has 0 bridgehead atoms. The third kappa shape index (κ3) is 5.47. The van der Waals surface area contributed by atoms with Crippen LogP contribution in [0, 0.1) is 0 Å². The van der Waals surface area contributed by atoms with Crippen LogP contribution in [0.5, 0.6) is 0 Å². The van der Waals surface area contributed by atoms with Crippen LogP contribution >= 0.6 is 0 Å². The fourth-order valence-corrected chi connectivity index (χ4v) is 8.64. The van der Waals surface area contributed by atoms with Crippen LogP contribution in [0.4, 0.5) is 0 Å². The molecule has 0 amide bonds. The lowest BCUT2D eigenvalue weighted by Crippen LogP contribution is -2.35. The monoisotopic (exact) mass is 731 g/mol. The van der Waals surface area contributed by atoms with Crippen molar-refractivity contribution in [3.63, 3.8) is 0 Å². The normalized spacial score (nSPS) is 14.4. The molecule has 1 aliphatic rings. The number of fused-ring (bicyclic) bond motifs is 6. The highest BCUT2D eigenvalue weighted by atomic mass is 15.3. The molecular weight excluding hydrogens is 695 g/mol. The van der Waals surface area contributed by atoms with E-state index in [1.54, 1.807) is 0 Å². The summed E-state index contributed by atoms with van der Waals surface area (Å²) >= 11 is 0. The molecule has 0 fully saturated rings. The summed E-state index contributed by atoms with van der Waals surface area (Å²) in [5.41, 5.74) is 12.6. The lowest BCUT2D eigenvalue weighted by molar-refractivity contribution is 0.383. The number of rotatable bonds is 6. The zero-order chi connectivity index (χ0) is 37.9. The van der Waals surface area contributed by atoms with Crippen molar-refractivity contribution in [2.45, 2.75) is 6.17 Å².